The minimum Gasteiger partial charge on any atom is -0.397 e. The van der Waals surface area contributed by atoms with Crippen LogP contribution < -0.4 is 11.1 Å². The first-order chi connectivity index (χ1) is 8.79. The molecule has 0 fully saturated rings. The largest absolute Gasteiger partial charge is 0.397 e. The highest BCUT2D eigenvalue weighted by molar-refractivity contribution is 5.57. The third-order valence-corrected chi connectivity index (χ3v) is 2.43. The first-order valence-corrected chi connectivity index (χ1v) is 5.59. The van der Waals surface area contributed by atoms with Crippen molar-refractivity contribution in [1.82, 2.24) is 9.97 Å². The molecule has 0 saturated carbocycles. The Morgan fingerprint density at radius 3 is 2.94 bits per heavy atom. The van der Waals surface area contributed by atoms with E-state index in [1.165, 1.54) is 6.20 Å². The van der Waals surface area contributed by atoms with Gasteiger partial charge in [0, 0.05) is 24.9 Å². The molecule has 5 heteroatoms. The molecule has 0 bridgehead atoms. The van der Waals surface area contributed by atoms with E-state index in [2.05, 4.69) is 21.4 Å². The summed E-state index contributed by atoms with van der Waals surface area (Å²) in [6.07, 6.45) is 4.07. The quantitative estimate of drug-likeness (QED) is 0.845. The van der Waals surface area contributed by atoms with Crippen molar-refractivity contribution in [3.8, 4) is 6.07 Å². The number of hydrogen-bond acceptors (Lipinski definition) is 5. The van der Waals surface area contributed by atoms with Gasteiger partial charge in [0.05, 0.1) is 17.4 Å². The van der Waals surface area contributed by atoms with Crippen LogP contribution in [-0.2, 0) is 6.42 Å². The molecule has 0 aliphatic heterocycles. The van der Waals surface area contributed by atoms with Gasteiger partial charge in [0.1, 0.15) is 11.9 Å². The van der Waals surface area contributed by atoms with Gasteiger partial charge in [0.2, 0.25) is 0 Å². The molecule has 2 aromatic heterocycles. The van der Waals surface area contributed by atoms with E-state index in [0.717, 1.165) is 12.1 Å². The van der Waals surface area contributed by atoms with E-state index in [4.69, 9.17) is 11.0 Å². The van der Waals surface area contributed by atoms with Gasteiger partial charge in [-0.3, -0.25) is 4.98 Å². The van der Waals surface area contributed by atoms with Crippen molar-refractivity contribution in [1.29, 1.82) is 5.26 Å². The fourth-order valence-corrected chi connectivity index (χ4v) is 1.56. The number of pyridine rings is 2. The van der Waals surface area contributed by atoms with Gasteiger partial charge < -0.3 is 11.1 Å². The van der Waals surface area contributed by atoms with Gasteiger partial charge in [-0.05, 0) is 18.2 Å². The van der Waals surface area contributed by atoms with Crippen molar-refractivity contribution in [3.05, 3.63) is 47.9 Å². The highest BCUT2D eigenvalue weighted by Crippen LogP contribution is 2.13. The lowest BCUT2D eigenvalue weighted by atomic mass is 10.2. The zero-order chi connectivity index (χ0) is 12.8. The zero-order valence-corrected chi connectivity index (χ0v) is 9.80. The van der Waals surface area contributed by atoms with Gasteiger partial charge in [0.25, 0.3) is 0 Å². The van der Waals surface area contributed by atoms with Crippen LogP contribution in [0.2, 0.25) is 0 Å². The number of nitrogens with zero attached hydrogens (tertiary/aromatic N) is 3. The Morgan fingerprint density at radius 2 is 2.22 bits per heavy atom. The molecule has 0 aromatic carbocycles. The summed E-state index contributed by atoms with van der Waals surface area (Å²) in [5.41, 5.74) is 7.51. The van der Waals surface area contributed by atoms with Crippen molar-refractivity contribution in [3.63, 3.8) is 0 Å². The van der Waals surface area contributed by atoms with Crippen LogP contribution in [0.3, 0.4) is 0 Å². The predicted molar refractivity (Wildman–Crippen MR) is 69.8 cm³/mol. The maximum Gasteiger partial charge on any atom is 0.144 e. The third kappa shape index (κ3) is 2.95. The maximum atomic E-state index is 8.96. The zero-order valence-electron chi connectivity index (χ0n) is 9.80. The molecule has 2 heterocycles. The fourth-order valence-electron chi connectivity index (χ4n) is 1.56. The summed E-state index contributed by atoms with van der Waals surface area (Å²) in [6, 6.07) is 9.46. The van der Waals surface area contributed by atoms with Gasteiger partial charge in [-0.1, -0.05) is 6.07 Å². The molecule has 18 heavy (non-hydrogen) atoms. The molecule has 5 nitrogen and oxygen atoms in total. The molecular formula is C13H13N5. The van der Waals surface area contributed by atoms with E-state index in [-0.39, 0.29) is 0 Å². The van der Waals surface area contributed by atoms with Crippen molar-refractivity contribution in [2.45, 2.75) is 6.42 Å². The van der Waals surface area contributed by atoms with E-state index in [1.807, 2.05) is 18.2 Å². The molecule has 0 spiro atoms. The highest BCUT2D eigenvalue weighted by atomic mass is 15.0. The third-order valence-electron chi connectivity index (χ3n) is 2.43. The summed E-state index contributed by atoms with van der Waals surface area (Å²) in [7, 11) is 0. The lowest BCUT2D eigenvalue weighted by molar-refractivity contribution is 0.953. The van der Waals surface area contributed by atoms with Crippen LogP contribution in [0.5, 0.6) is 0 Å². The average Bonchev–Trinajstić information content (AvgIpc) is 2.41. The van der Waals surface area contributed by atoms with Crippen molar-refractivity contribution < 1.29 is 0 Å². The van der Waals surface area contributed by atoms with Crippen LogP contribution >= 0.6 is 0 Å². The first kappa shape index (κ1) is 11.9. The van der Waals surface area contributed by atoms with Crippen LogP contribution in [0.15, 0.2) is 36.7 Å². The second kappa shape index (κ2) is 5.64. The Labute approximate surface area is 105 Å². The summed E-state index contributed by atoms with van der Waals surface area (Å²) >= 11 is 0. The molecule has 3 N–H and O–H groups in total. The predicted octanol–water partition coefficient (Wildman–Crippen LogP) is 1.59. The molecule has 0 aliphatic carbocycles. The van der Waals surface area contributed by atoms with Crippen molar-refractivity contribution in [2.75, 3.05) is 17.6 Å². The minimum absolute atomic E-state index is 0.455. The van der Waals surface area contributed by atoms with Gasteiger partial charge in [-0.25, -0.2) is 4.98 Å². The topological polar surface area (TPSA) is 87.6 Å². The number of anilines is 2. The smallest absolute Gasteiger partial charge is 0.144 e. The lowest BCUT2D eigenvalue weighted by Gasteiger charge is -2.07. The van der Waals surface area contributed by atoms with Crippen LogP contribution in [0, 0.1) is 11.3 Å². The molecule has 0 aliphatic rings. The Balaban J connectivity index is 1.97. The summed E-state index contributed by atoms with van der Waals surface area (Å²) in [4.78, 5) is 8.32. The summed E-state index contributed by atoms with van der Waals surface area (Å²) in [5.74, 6) is 0.558. The molecule has 0 saturated heterocycles. The van der Waals surface area contributed by atoms with Crippen LogP contribution in [0.4, 0.5) is 11.5 Å². The molecule has 0 atom stereocenters. The van der Waals surface area contributed by atoms with Gasteiger partial charge in [-0.15, -0.1) is 0 Å². The lowest BCUT2D eigenvalue weighted by Crippen LogP contribution is -2.08. The molecule has 2 aromatic rings. The monoisotopic (exact) mass is 239 g/mol. The number of nitriles is 1. The Kier molecular flexibility index (Phi) is 3.72. The fraction of sp³-hybridized carbons (Fsp3) is 0.154. The minimum atomic E-state index is 0.455. The maximum absolute atomic E-state index is 8.96. The van der Waals surface area contributed by atoms with Crippen LogP contribution in [0.1, 0.15) is 11.3 Å². The first-order valence-electron chi connectivity index (χ1n) is 5.59. The van der Waals surface area contributed by atoms with Gasteiger partial charge in [-0.2, -0.15) is 5.26 Å². The van der Waals surface area contributed by atoms with Crippen molar-refractivity contribution >= 4 is 11.5 Å². The van der Waals surface area contributed by atoms with Crippen LogP contribution in [-0.4, -0.2) is 16.5 Å². The standard InChI is InChI=1S/C13H13N5/c14-8-10-7-11(15)9-18-13(10)17-6-4-12-3-1-2-5-16-12/h1-3,5,7,9H,4,6,15H2,(H,17,18). The summed E-state index contributed by atoms with van der Waals surface area (Å²) in [5, 5.41) is 12.1. The molecule has 2 rings (SSSR count). The van der Waals surface area contributed by atoms with Crippen molar-refractivity contribution in [2.24, 2.45) is 0 Å². The molecule has 0 amide bonds. The van der Waals surface area contributed by atoms with E-state index < -0.39 is 0 Å². The molecule has 0 unspecified atom stereocenters. The number of nitrogens with two attached hydrogens (primary N) is 1. The van der Waals surface area contributed by atoms with Gasteiger partial charge >= 0.3 is 0 Å². The number of rotatable bonds is 4. The van der Waals surface area contributed by atoms with E-state index >= 15 is 0 Å². The van der Waals surface area contributed by atoms with E-state index in [0.29, 0.717) is 23.6 Å². The normalized spacial score (nSPS) is 9.72. The molecule has 90 valence electrons. The second-order valence-electron chi connectivity index (χ2n) is 3.77. The molecule has 0 radical (unpaired) electrons. The Bertz CT molecular complexity index is 559. The highest BCUT2D eigenvalue weighted by Gasteiger charge is 2.03. The van der Waals surface area contributed by atoms with Crippen LogP contribution in [0.25, 0.3) is 0 Å². The second-order valence-corrected chi connectivity index (χ2v) is 3.77. The Morgan fingerprint density at radius 1 is 1.33 bits per heavy atom. The Hall–Kier alpha value is -2.61. The van der Waals surface area contributed by atoms with Gasteiger partial charge in [0.15, 0.2) is 0 Å². The molecular weight excluding hydrogens is 226 g/mol. The SMILES string of the molecule is N#Cc1cc(N)cnc1NCCc1ccccn1. The number of aromatic nitrogens is 2. The number of nitrogen functional groups attached to an aromatic ring is 1. The summed E-state index contributed by atoms with van der Waals surface area (Å²) < 4.78 is 0. The van der Waals surface area contributed by atoms with E-state index in [1.54, 1.807) is 12.3 Å². The number of nitrogens with one attached hydrogen (secondary N) is 1. The average molecular weight is 239 g/mol. The van der Waals surface area contributed by atoms with E-state index in [9.17, 15) is 0 Å². The summed E-state index contributed by atoms with van der Waals surface area (Å²) in [6.45, 7) is 0.669. The number of hydrogen-bond donors (Lipinski definition) is 2.